The first-order valence-electron chi connectivity index (χ1n) is 4.88. The summed E-state index contributed by atoms with van der Waals surface area (Å²) >= 11 is 0. The highest BCUT2D eigenvalue weighted by molar-refractivity contribution is 5.62. The summed E-state index contributed by atoms with van der Waals surface area (Å²) in [4.78, 5) is 10.5. The van der Waals surface area contributed by atoms with Crippen LogP contribution in [0.15, 0.2) is 6.20 Å². The van der Waals surface area contributed by atoms with Crippen LogP contribution in [0.5, 0.6) is 0 Å². The van der Waals surface area contributed by atoms with Crippen LogP contribution in [0, 0.1) is 6.92 Å². The summed E-state index contributed by atoms with van der Waals surface area (Å²) in [6.07, 6.45) is 2.69. The first-order chi connectivity index (χ1) is 6.60. The van der Waals surface area contributed by atoms with Gasteiger partial charge in [-0.25, -0.2) is 9.13 Å². The minimum atomic E-state index is -1.04. The van der Waals surface area contributed by atoms with E-state index in [0.29, 0.717) is 0 Å². The number of nitrogens with zero attached hydrogens (tertiary/aromatic N) is 2. The molecule has 0 atom stereocenters. The van der Waals surface area contributed by atoms with E-state index in [0.717, 1.165) is 24.5 Å². The fraction of sp³-hybridized carbons (Fsp3) is 0.600. The number of aromatic nitrogens is 2. The van der Waals surface area contributed by atoms with Crippen LogP contribution >= 0.6 is 0 Å². The second-order valence-corrected chi connectivity index (χ2v) is 3.28. The van der Waals surface area contributed by atoms with Crippen molar-refractivity contribution < 1.29 is 14.5 Å². The van der Waals surface area contributed by atoms with Gasteiger partial charge < -0.3 is 9.90 Å². The van der Waals surface area contributed by atoms with Crippen LogP contribution < -0.4 is 9.67 Å². The summed E-state index contributed by atoms with van der Waals surface area (Å²) in [5.41, 5.74) is 1.09. The topological polar surface area (TPSA) is 48.9 Å². The summed E-state index contributed by atoms with van der Waals surface area (Å²) in [5, 5.41) is 10.5. The van der Waals surface area contributed by atoms with E-state index in [1.807, 2.05) is 20.0 Å². The second kappa shape index (κ2) is 4.26. The first-order valence-corrected chi connectivity index (χ1v) is 4.88. The number of carbonyl (C=O) groups is 1. The van der Waals surface area contributed by atoms with Crippen molar-refractivity contribution in [1.29, 1.82) is 0 Å². The molecule has 1 aromatic heterocycles. The Labute approximate surface area is 83.8 Å². The van der Waals surface area contributed by atoms with Crippen molar-refractivity contribution in [2.24, 2.45) is 0 Å². The van der Waals surface area contributed by atoms with Gasteiger partial charge in [0.25, 0.3) is 5.82 Å². The number of rotatable bonds is 4. The summed E-state index contributed by atoms with van der Waals surface area (Å²) in [7, 11) is 0. The van der Waals surface area contributed by atoms with Gasteiger partial charge in [-0.3, -0.25) is 0 Å². The fourth-order valence-corrected chi connectivity index (χ4v) is 1.83. The highest BCUT2D eigenvalue weighted by Gasteiger charge is 2.17. The SMILES string of the molecule is CCc1n(CC)c(C)c[n+]1CC(=O)[O-]. The molecule has 1 rings (SSSR count). The molecule has 0 aromatic carbocycles. The minimum absolute atomic E-state index is 0.0585. The van der Waals surface area contributed by atoms with E-state index in [1.165, 1.54) is 0 Å². The van der Waals surface area contributed by atoms with Crippen LogP contribution in [-0.4, -0.2) is 10.5 Å². The van der Waals surface area contributed by atoms with Crippen molar-refractivity contribution in [3.63, 3.8) is 0 Å². The Balaban J connectivity index is 3.10. The van der Waals surface area contributed by atoms with Crippen LogP contribution in [0.25, 0.3) is 0 Å². The van der Waals surface area contributed by atoms with Gasteiger partial charge in [-0.15, -0.1) is 0 Å². The van der Waals surface area contributed by atoms with E-state index < -0.39 is 5.97 Å². The molecular weight excluding hydrogens is 180 g/mol. The summed E-state index contributed by atoms with van der Waals surface area (Å²) in [6, 6.07) is 0. The molecule has 0 fully saturated rings. The zero-order chi connectivity index (χ0) is 10.7. The minimum Gasteiger partial charge on any atom is -0.546 e. The van der Waals surface area contributed by atoms with E-state index in [4.69, 9.17) is 0 Å². The number of hydrogen-bond donors (Lipinski definition) is 0. The van der Waals surface area contributed by atoms with Gasteiger partial charge in [-0.2, -0.15) is 0 Å². The Bertz CT molecular complexity index is 342. The molecule has 0 aliphatic carbocycles. The number of carbonyl (C=O) groups excluding carboxylic acids is 1. The zero-order valence-corrected chi connectivity index (χ0v) is 8.91. The van der Waals surface area contributed by atoms with Gasteiger partial charge in [-0.05, 0) is 6.92 Å². The molecule has 4 nitrogen and oxygen atoms in total. The average Bonchev–Trinajstić information content (AvgIpc) is 2.39. The number of carboxylic acids is 1. The van der Waals surface area contributed by atoms with Crippen molar-refractivity contribution in [2.75, 3.05) is 0 Å². The summed E-state index contributed by atoms with van der Waals surface area (Å²) in [5.74, 6) is -0.00727. The Hall–Kier alpha value is -1.32. The van der Waals surface area contributed by atoms with Gasteiger partial charge in [0.1, 0.15) is 18.4 Å². The third-order valence-corrected chi connectivity index (χ3v) is 2.34. The van der Waals surface area contributed by atoms with E-state index in [1.54, 1.807) is 4.57 Å². The highest BCUT2D eigenvalue weighted by atomic mass is 16.4. The molecule has 4 heteroatoms. The van der Waals surface area contributed by atoms with E-state index in [-0.39, 0.29) is 6.54 Å². The molecule has 0 aliphatic heterocycles. The zero-order valence-electron chi connectivity index (χ0n) is 8.91. The maximum absolute atomic E-state index is 10.5. The molecule has 0 unspecified atom stereocenters. The largest absolute Gasteiger partial charge is 0.546 e. The molecule has 0 radical (unpaired) electrons. The first kappa shape index (κ1) is 10.8. The van der Waals surface area contributed by atoms with Crippen molar-refractivity contribution in [1.82, 2.24) is 4.57 Å². The van der Waals surface area contributed by atoms with Crippen LogP contribution in [-0.2, 0) is 24.3 Å². The number of hydrogen-bond acceptors (Lipinski definition) is 2. The smallest absolute Gasteiger partial charge is 0.256 e. The predicted octanol–water partition coefficient (Wildman–Crippen LogP) is -0.584. The van der Waals surface area contributed by atoms with Crippen molar-refractivity contribution in [2.45, 2.75) is 40.3 Å². The number of aliphatic carboxylic acids is 1. The summed E-state index contributed by atoms with van der Waals surface area (Å²) in [6.45, 7) is 6.86. The third kappa shape index (κ3) is 1.95. The van der Waals surface area contributed by atoms with Gasteiger partial charge in [0.05, 0.1) is 12.5 Å². The van der Waals surface area contributed by atoms with Gasteiger partial charge in [0.15, 0.2) is 0 Å². The van der Waals surface area contributed by atoms with Gasteiger partial charge in [0, 0.05) is 13.3 Å². The van der Waals surface area contributed by atoms with Crippen LogP contribution in [0.3, 0.4) is 0 Å². The monoisotopic (exact) mass is 196 g/mol. The standard InChI is InChI=1S/C10H16N2O2/c1-4-9-11(7-10(13)14)6-8(3)12(9)5-2/h6H,4-5,7H2,1-3H3. The maximum Gasteiger partial charge on any atom is 0.256 e. The average molecular weight is 196 g/mol. The maximum atomic E-state index is 10.5. The Morgan fingerprint density at radius 3 is 2.64 bits per heavy atom. The molecule has 1 aromatic rings. The van der Waals surface area contributed by atoms with E-state index >= 15 is 0 Å². The van der Waals surface area contributed by atoms with E-state index in [2.05, 4.69) is 11.5 Å². The lowest BCUT2D eigenvalue weighted by molar-refractivity contribution is -0.697. The van der Waals surface area contributed by atoms with E-state index in [9.17, 15) is 9.90 Å². The lowest BCUT2D eigenvalue weighted by Gasteiger charge is -2.02. The number of imidazole rings is 1. The summed E-state index contributed by atoms with van der Waals surface area (Å²) < 4.78 is 3.86. The van der Waals surface area contributed by atoms with Gasteiger partial charge in [-0.1, -0.05) is 6.92 Å². The van der Waals surface area contributed by atoms with Crippen LogP contribution in [0.1, 0.15) is 25.4 Å². The normalized spacial score (nSPS) is 10.5. The molecule has 0 saturated carbocycles. The Morgan fingerprint density at radius 1 is 1.57 bits per heavy atom. The second-order valence-electron chi connectivity index (χ2n) is 3.28. The number of aryl methyl sites for hydroxylation is 1. The molecule has 0 N–H and O–H groups in total. The molecule has 78 valence electrons. The predicted molar refractivity (Wildman–Crippen MR) is 49.4 cm³/mol. The molecule has 0 saturated heterocycles. The molecule has 1 heterocycles. The number of carboxylic acid groups (broad SMARTS) is 1. The molecule has 0 spiro atoms. The van der Waals surface area contributed by atoms with Gasteiger partial charge >= 0.3 is 0 Å². The lowest BCUT2D eigenvalue weighted by Crippen LogP contribution is -2.45. The van der Waals surface area contributed by atoms with Crippen molar-refractivity contribution in [3.05, 3.63) is 17.7 Å². The molecule has 0 amide bonds. The van der Waals surface area contributed by atoms with Crippen LogP contribution in [0.4, 0.5) is 0 Å². The van der Waals surface area contributed by atoms with Crippen molar-refractivity contribution >= 4 is 5.97 Å². The lowest BCUT2D eigenvalue weighted by atomic mass is 10.4. The van der Waals surface area contributed by atoms with Crippen molar-refractivity contribution in [3.8, 4) is 0 Å². The van der Waals surface area contributed by atoms with Gasteiger partial charge in [0.2, 0.25) is 0 Å². The fourth-order valence-electron chi connectivity index (χ4n) is 1.83. The molecule has 14 heavy (non-hydrogen) atoms. The quantitative estimate of drug-likeness (QED) is 0.605. The third-order valence-electron chi connectivity index (χ3n) is 2.34. The van der Waals surface area contributed by atoms with Crippen LogP contribution in [0.2, 0.25) is 0 Å². The molecule has 0 aliphatic rings. The molecule has 0 bridgehead atoms. The Morgan fingerprint density at radius 2 is 2.21 bits per heavy atom. The Kier molecular flexibility index (Phi) is 3.28. The highest BCUT2D eigenvalue weighted by Crippen LogP contribution is 2.02. The molecular formula is C10H16N2O2.